The molecule has 0 spiro atoms. The molecule has 2 aromatic rings. The number of ether oxygens (including phenoxy) is 1. The molecule has 12 heteroatoms. The minimum absolute atomic E-state index is 0.00120. The van der Waals surface area contributed by atoms with Crippen LogP contribution in [0.1, 0.15) is 46.6 Å². The van der Waals surface area contributed by atoms with Crippen LogP contribution in [0.4, 0.5) is 11.5 Å². The van der Waals surface area contributed by atoms with E-state index in [1.807, 2.05) is 13.1 Å². The topological polar surface area (TPSA) is 122 Å². The maximum Gasteiger partial charge on any atom is 0.318 e. The fourth-order valence-corrected chi connectivity index (χ4v) is 6.76. The van der Waals surface area contributed by atoms with Gasteiger partial charge in [0.05, 0.1) is 47.7 Å². The minimum Gasteiger partial charge on any atom is -0.462 e. The standard InChI is InChI=1S/C31H39N9O3/c1-4-27(41)40-17-16-39(18-21(40)7-11-32)29-23-9-15-38(26-8-12-33-24-10-14-37(3)30(42)28(24)26)19-25(23)34-31(35-29)43-20-22-6-5-13-36(22)2/h4,8,12,21-22H,1,5-7,9-10,13-20H2,2-3H3/t21-,22-/m0/s1. The number of carbonyl (C=O) groups excluding carboxylic acids is 2. The first kappa shape index (κ1) is 28.9. The molecule has 2 amide bonds. The summed E-state index contributed by atoms with van der Waals surface area (Å²) >= 11 is 0. The quantitative estimate of drug-likeness (QED) is 0.444. The Kier molecular flexibility index (Phi) is 8.17. The van der Waals surface area contributed by atoms with Crippen LogP contribution < -0.4 is 14.5 Å². The Morgan fingerprint density at radius 2 is 1.98 bits per heavy atom. The molecule has 0 N–H and O–H groups in total. The predicted molar refractivity (Wildman–Crippen MR) is 161 cm³/mol. The number of aromatic nitrogens is 3. The van der Waals surface area contributed by atoms with Crippen molar-refractivity contribution in [1.82, 2.24) is 29.7 Å². The van der Waals surface area contributed by atoms with E-state index < -0.39 is 0 Å². The van der Waals surface area contributed by atoms with Crippen LogP contribution in [-0.2, 0) is 24.2 Å². The van der Waals surface area contributed by atoms with Crippen molar-refractivity contribution in [1.29, 1.82) is 5.26 Å². The molecule has 226 valence electrons. The van der Waals surface area contributed by atoms with Crippen LogP contribution in [0.5, 0.6) is 6.01 Å². The van der Waals surface area contributed by atoms with Gasteiger partial charge < -0.3 is 29.2 Å². The summed E-state index contributed by atoms with van der Waals surface area (Å²) in [4.78, 5) is 50.3. The molecule has 43 heavy (non-hydrogen) atoms. The van der Waals surface area contributed by atoms with Crippen molar-refractivity contribution < 1.29 is 14.3 Å². The van der Waals surface area contributed by atoms with Gasteiger partial charge in [0, 0.05) is 64.0 Å². The summed E-state index contributed by atoms with van der Waals surface area (Å²) in [5.41, 5.74) is 4.32. The molecule has 0 unspecified atom stereocenters. The molecule has 0 radical (unpaired) electrons. The largest absolute Gasteiger partial charge is 0.462 e. The number of nitriles is 1. The summed E-state index contributed by atoms with van der Waals surface area (Å²) in [6.45, 7) is 8.62. The molecule has 2 atom stereocenters. The summed E-state index contributed by atoms with van der Waals surface area (Å²) in [6.07, 6.45) is 6.98. The molecule has 4 aliphatic rings. The lowest BCUT2D eigenvalue weighted by Gasteiger charge is -2.42. The minimum atomic E-state index is -0.266. The molecule has 2 aromatic heterocycles. The van der Waals surface area contributed by atoms with Crippen LogP contribution in [0.3, 0.4) is 0 Å². The van der Waals surface area contributed by atoms with Gasteiger partial charge in [-0.1, -0.05) is 6.58 Å². The molecule has 0 saturated carbocycles. The van der Waals surface area contributed by atoms with E-state index in [0.29, 0.717) is 69.9 Å². The molecule has 2 saturated heterocycles. The van der Waals surface area contributed by atoms with Crippen molar-refractivity contribution >= 4 is 23.3 Å². The number of rotatable bonds is 7. The smallest absolute Gasteiger partial charge is 0.318 e. The molecule has 2 fully saturated rings. The molecule has 0 aliphatic carbocycles. The van der Waals surface area contributed by atoms with Gasteiger partial charge in [-0.05, 0) is 45.0 Å². The van der Waals surface area contributed by atoms with Gasteiger partial charge in [-0.2, -0.15) is 15.2 Å². The van der Waals surface area contributed by atoms with Gasteiger partial charge in [-0.15, -0.1) is 0 Å². The monoisotopic (exact) mass is 585 g/mol. The molecular formula is C31H39N9O3. The van der Waals surface area contributed by atoms with Gasteiger partial charge in [0.25, 0.3) is 5.91 Å². The second kappa shape index (κ2) is 12.2. The van der Waals surface area contributed by atoms with Gasteiger partial charge in [0.1, 0.15) is 12.4 Å². The number of pyridine rings is 1. The Morgan fingerprint density at radius 3 is 2.74 bits per heavy atom. The highest BCUT2D eigenvalue weighted by molar-refractivity contribution is 6.01. The Morgan fingerprint density at radius 1 is 1.12 bits per heavy atom. The Balaban J connectivity index is 1.33. The van der Waals surface area contributed by atoms with Crippen LogP contribution in [0.15, 0.2) is 24.9 Å². The third-order valence-electron chi connectivity index (χ3n) is 9.26. The molecule has 12 nitrogen and oxygen atoms in total. The summed E-state index contributed by atoms with van der Waals surface area (Å²) in [7, 11) is 3.95. The number of likely N-dealkylation sites (N-methyl/N-ethyl adjacent to an activating group) is 2. The highest BCUT2D eigenvalue weighted by Gasteiger charge is 2.35. The molecule has 6 heterocycles. The number of nitrogens with zero attached hydrogens (tertiary/aromatic N) is 9. The molecule has 0 bridgehead atoms. The molecule has 0 aromatic carbocycles. The summed E-state index contributed by atoms with van der Waals surface area (Å²) in [5, 5.41) is 9.52. The van der Waals surface area contributed by atoms with E-state index in [1.54, 1.807) is 16.0 Å². The maximum absolute atomic E-state index is 13.2. The Labute approximate surface area is 252 Å². The highest BCUT2D eigenvalue weighted by atomic mass is 16.5. The molecule has 6 rings (SSSR count). The second-order valence-corrected chi connectivity index (χ2v) is 11.8. The zero-order valence-electron chi connectivity index (χ0n) is 25.0. The van der Waals surface area contributed by atoms with Crippen molar-refractivity contribution in [2.75, 3.05) is 69.8 Å². The fourth-order valence-electron chi connectivity index (χ4n) is 6.76. The van der Waals surface area contributed by atoms with E-state index in [0.717, 1.165) is 54.3 Å². The van der Waals surface area contributed by atoms with E-state index >= 15 is 0 Å². The van der Waals surface area contributed by atoms with E-state index in [9.17, 15) is 14.9 Å². The van der Waals surface area contributed by atoms with Crippen molar-refractivity contribution in [3.63, 3.8) is 0 Å². The number of hydrogen-bond donors (Lipinski definition) is 0. The summed E-state index contributed by atoms with van der Waals surface area (Å²) in [5.74, 6) is 0.644. The van der Waals surface area contributed by atoms with E-state index in [1.165, 1.54) is 6.08 Å². The number of anilines is 2. The summed E-state index contributed by atoms with van der Waals surface area (Å²) in [6, 6.07) is 4.56. The number of amides is 2. The van der Waals surface area contributed by atoms with Gasteiger partial charge in [-0.3, -0.25) is 14.6 Å². The van der Waals surface area contributed by atoms with Crippen LogP contribution in [-0.4, -0.2) is 114 Å². The van der Waals surface area contributed by atoms with Crippen molar-refractivity contribution in [2.24, 2.45) is 0 Å². The number of fused-ring (bicyclic) bond motifs is 2. The average molecular weight is 586 g/mol. The Hall–Kier alpha value is -4.24. The zero-order chi connectivity index (χ0) is 30.1. The van der Waals surface area contributed by atoms with Crippen molar-refractivity contribution in [2.45, 2.75) is 50.7 Å². The van der Waals surface area contributed by atoms with Crippen LogP contribution in [0.25, 0.3) is 0 Å². The number of hydrogen-bond acceptors (Lipinski definition) is 10. The maximum atomic E-state index is 13.2. The third-order valence-corrected chi connectivity index (χ3v) is 9.26. The third kappa shape index (κ3) is 5.61. The highest BCUT2D eigenvalue weighted by Crippen LogP contribution is 2.35. The van der Waals surface area contributed by atoms with Crippen LogP contribution >= 0.6 is 0 Å². The van der Waals surface area contributed by atoms with Crippen LogP contribution in [0.2, 0.25) is 0 Å². The predicted octanol–water partition coefficient (Wildman–Crippen LogP) is 1.65. The number of piperazine rings is 1. The zero-order valence-corrected chi connectivity index (χ0v) is 25.0. The fraction of sp³-hybridized carbons (Fsp3) is 0.548. The van der Waals surface area contributed by atoms with Crippen molar-refractivity contribution in [3.8, 4) is 12.1 Å². The first-order valence-electron chi connectivity index (χ1n) is 15.1. The number of carbonyl (C=O) groups is 2. The molecule has 4 aliphatic heterocycles. The Bertz CT molecular complexity index is 1460. The first-order valence-corrected chi connectivity index (χ1v) is 15.1. The van der Waals surface area contributed by atoms with E-state index in [4.69, 9.17) is 14.7 Å². The summed E-state index contributed by atoms with van der Waals surface area (Å²) < 4.78 is 6.26. The first-order chi connectivity index (χ1) is 20.9. The average Bonchev–Trinajstić information content (AvgIpc) is 3.44. The van der Waals surface area contributed by atoms with Gasteiger partial charge in [-0.25, -0.2) is 0 Å². The van der Waals surface area contributed by atoms with Crippen molar-refractivity contribution in [3.05, 3.63) is 47.4 Å². The normalized spacial score (nSPS) is 22.2. The van der Waals surface area contributed by atoms with Gasteiger partial charge in [0.15, 0.2) is 0 Å². The lowest BCUT2D eigenvalue weighted by Crippen LogP contribution is -2.55. The number of likely N-dealkylation sites (tertiary alicyclic amines) is 1. The van der Waals surface area contributed by atoms with E-state index in [2.05, 4.69) is 39.4 Å². The second-order valence-electron chi connectivity index (χ2n) is 11.8. The lowest BCUT2D eigenvalue weighted by atomic mass is 9.99. The van der Waals surface area contributed by atoms with Crippen LogP contribution in [0, 0.1) is 11.3 Å². The molecular weight excluding hydrogens is 546 g/mol. The van der Waals surface area contributed by atoms with E-state index in [-0.39, 0.29) is 24.3 Å². The lowest BCUT2D eigenvalue weighted by molar-refractivity contribution is -0.128. The van der Waals surface area contributed by atoms with Gasteiger partial charge in [0.2, 0.25) is 5.91 Å². The SMILES string of the molecule is C=CC(=O)N1CCN(c2nc(OC[C@@H]3CCCN3C)nc3c2CCN(c2ccnc4c2C(=O)N(C)CC4)C3)C[C@@H]1CC#N. The van der Waals surface area contributed by atoms with Gasteiger partial charge >= 0.3 is 6.01 Å².